The fourth-order valence-electron chi connectivity index (χ4n) is 1.57. The van der Waals surface area contributed by atoms with Crippen molar-refractivity contribution < 1.29 is 9.90 Å². The number of phenols is 1. The van der Waals surface area contributed by atoms with E-state index in [0.717, 1.165) is 0 Å². The van der Waals surface area contributed by atoms with Gasteiger partial charge < -0.3 is 5.11 Å². The molecule has 0 aliphatic rings. The molecule has 2 aromatic carbocycles. The van der Waals surface area contributed by atoms with E-state index in [-0.39, 0.29) is 21.4 Å². The molecule has 0 saturated carbocycles. The third-order valence-electron chi connectivity index (χ3n) is 2.61. The molecule has 4 nitrogen and oxygen atoms in total. The van der Waals surface area contributed by atoms with Gasteiger partial charge in [-0.25, -0.2) is 5.43 Å². The molecule has 0 fully saturated rings. The number of phenolic OH excluding ortho intramolecular Hbond substituents is 1. The Hall–Kier alpha value is -1.46. The zero-order chi connectivity index (χ0) is 16.3. The Morgan fingerprint density at radius 3 is 2.41 bits per heavy atom. The minimum Gasteiger partial charge on any atom is -0.506 e. The second-order valence-electron chi connectivity index (χ2n) is 4.15. The lowest BCUT2D eigenvalue weighted by molar-refractivity contribution is 0.0952. The summed E-state index contributed by atoms with van der Waals surface area (Å²) in [5, 5.41) is 14.6. The van der Waals surface area contributed by atoms with Gasteiger partial charge in [0.05, 0.1) is 21.8 Å². The lowest BCUT2D eigenvalue weighted by Crippen LogP contribution is -2.17. The average molecular weight is 378 g/mol. The van der Waals surface area contributed by atoms with E-state index in [4.69, 9.17) is 46.4 Å². The highest BCUT2D eigenvalue weighted by Gasteiger charge is 2.14. The van der Waals surface area contributed by atoms with E-state index in [2.05, 4.69) is 10.5 Å². The van der Waals surface area contributed by atoms with Crippen molar-refractivity contribution >= 4 is 58.5 Å². The predicted octanol–water partition coefficient (Wildman–Crippen LogP) is 4.77. The van der Waals surface area contributed by atoms with Crippen LogP contribution < -0.4 is 5.43 Å². The van der Waals surface area contributed by atoms with Gasteiger partial charge in [0.1, 0.15) is 5.75 Å². The van der Waals surface area contributed by atoms with Gasteiger partial charge >= 0.3 is 0 Å². The van der Waals surface area contributed by atoms with Crippen LogP contribution in [-0.4, -0.2) is 17.2 Å². The molecular weight excluding hydrogens is 370 g/mol. The second-order valence-corrected chi connectivity index (χ2v) is 5.84. The lowest BCUT2D eigenvalue weighted by atomic mass is 10.2. The summed E-state index contributed by atoms with van der Waals surface area (Å²) in [6, 6.07) is 7.44. The van der Waals surface area contributed by atoms with Crippen LogP contribution in [0.25, 0.3) is 0 Å². The van der Waals surface area contributed by atoms with Crippen molar-refractivity contribution in [1.29, 1.82) is 0 Å². The number of hydrogen-bond donors (Lipinski definition) is 2. The summed E-state index contributed by atoms with van der Waals surface area (Å²) in [6.45, 7) is 0. The lowest BCUT2D eigenvalue weighted by Gasteiger charge is -2.05. The Balaban J connectivity index is 2.15. The largest absolute Gasteiger partial charge is 0.506 e. The van der Waals surface area contributed by atoms with Crippen LogP contribution in [0.3, 0.4) is 0 Å². The number of rotatable bonds is 3. The molecule has 0 atom stereocenters. The van der Waals surface area contributed by atoms with Crippen molar-refractivity contribution in [3.8, 4) is 5.75 Å². The molecule has 0 saturated heterocycles. The smallest absolute Gasteiger partial charge is 0.275 e. The van der Waals surface area contributed by atoms with Crippen molar-refractivity contribution in [1.82, 2.24) is 5.43 Å². The number of carbonyl (C=O) groups excluding carboxylic acids is 1. The fraction of sp³-hybridized carbons (Fsp3) is 0. The molecule has 2 aromatic rings. The molecule has 0 heterocycles. The Morgan fingerprint density at radius 2 is 1.73 bits per heavy atom. The van der Waals surface area contributed by atoms with Gasteiger partial charge in [-0.3, -0.25) is 4.79 Å². The maximum Gasteiger partial charge on any atom is 0.275 e. The van der Waals surface area contributed by atoms with Gasteiger partial charge in [-0.05, 0) is 24.3 Å². The molecule has 8 heteroatoms. The summed E-state index contributed by atoms with van der Waals surface area (Å²) in [5.41, 5.74) is 2.73. The maximum absolute atomic E-state index is 11.9. The number of carbonyl (C=O) groups is 1. The number of halogens is 4. The van der Waals surface area contributed by atoms with Crippen molar-refractivity contribution in [2.45, 2.75) is 0 Å². The number of hydrazone groups is 1. The number of benzene rings is 2. The number of hydrogen-bond acceptors (Lipinski definition) is 3. The van der Waals surface area contributed by atoms with Gasteiger partial charge in [-0.1, -0.05) is 52.5 Å². The van der Waals surface area contributed by atoms with E-state index in [0.29, 0.717) is 15.6 Å². The van der Waals surface area contributed by atoms with E-state index in [9.17, 15) is 9.90 Å². The molecule has 0 bridgehead atoms. The van der Waals surface area contributed by atoms with E-state index in [1.807, 2.05) is 0 Å². The Morgan fingerprint density at radius 1 is 1.05 bits per heavy atom. The summed E-state index contributed by atoms with van der Waals surface area (Å²) in [5.74, 6) is -1.04. The highest BCUT2D eigenvalue weighted by molar-refractivity contribution is 6.37. The van der Waals surface area contributed by atoms with Crippen molar-refractivity contribution in [3.63, 3.8) is 0 Å². The normalized spacial score (nSPS) is 10.9. The number of nitrogens with zero attached hydrogens (tertiary/aromatic N) is 1. The van der Waals surface area contributed by atoms with Gasteiger partial charge in [0, 0.05) is 15.6 Å². The molecule has 0 aliphatic heterocycles. The molecule has 0 spiro atoms. The average Bonchev–Trinajstić information content (AvgIpc) is 2.45. The topological polar surface area (TPSA) is 61.7 Å². The highest BCUT2D eigenvalue weighted by Crippen LogP contribution is 2.31. The van der Waals surface area contributed by atoms with Crippen molar-refractivity contribution in [2.24, 2.45) is 5.10 Å². The quantitative estimate of drug-likeness (QED) is 0.597. The van der Waals surface area contributed by atoms with Crippen molar-refractivity contribution in [3.05, 3.63) is 61.5 Å². The molecule has 114 valence electrons. The van der Waals surface area contributed by atoms with Crippen LogP contribution in [0.1, 0.15) is 15.9 Å². The first-order chi connectivity index (χ1) is 10.4. The number of nitrogens with one attached hydrogen (secondary N) is 1. The van der Waals surface area contributed by atoms with Crippen molar-refractivity contribution in [2.75, 3.05) is 0 Å². The first-order valence-corrected chi connectivity index (χ1v) is 7.36. The highest BCUT2D eigenvalue weighted by atomic mass is 35.5. The van der Waals surface area contributed by atoms with Crippen LogP contribution in [-0.2, 0) is 0 Å². The molecule has 0 aromatic heterocycles. The Kier molecular flexibility index (Phi) is 5.53. The molecule has 2 rings (SSSR count). The van der Waals surface area contributed by atoms with E-state index in [1.165, 1.54) is 18.3 Å². The monoisotopic (exact) mass is 376 g/mol. The number of amides is 1. The standard InChI is InChI=1S/C14H8Cl4N2O2/c15-8-2-1-7(11(17)4-8)6-19-20-14(22)10-3-9(16)5-12(18)13(10)21/h1-6,21H,(H,20,22)/b19-6-. The molecule has 22 heavy (non-hydrogen) atoms. The van der Waals surface area contributed by atoms with Crippen LogP contribution in [0.4, 0.5) is 0 Å². The van der Waals surface area contributed by atoms with E-state index in [1.54, 1.807) is 18.2 Å². The minimum absolute atomic E-state index is 0.0256. The minimum atomic E-state index is -0.664. The molecule has 1 amide bonds. The summed E-state index contributed by atoms with van der Waals surface area (Å²) < 4.78 is 0. The van der Waals surface area contributed by atoms with Gasteiger partial charge in [-0.2, -0.15) is 5.10 Å². The maximum atomic E-state index is 11.9. The van der Waals surface area contributed by atoms with Crippen LogP contribution in [0, 0.1) is 0 Å². The zero-order valence-electron chi connectivity index (χ0n) is 10.8. The van der Waals surface area contributed by atoms with E-state index < -0.39 is 5.91 Å². The van der Waals surface area contributed by atoms with E-state index >= 15 is 0 Å². The zero-order valence-corrected chi connectivity index (χ0v) is 13.8. The van der Waals surface area contributed by atoms with Gasteiger partial charge in [0.15, 0.2) is 0 Å². The summed E-state index contributed by atoms with van der Waals surface area (Å²) in [6.07, 6.45) is 1.35. The molecule has 0 unspecified atom stereocenters. The van der Waals surface area contributed by atoms with Crippen LogP contribution >= 0.6 is 46.4 Å². The SMILES string of the molecule is O=C(N/N=C\c1ccc(Cl)cc1Cl)c1cc(Cl)cc(Cl)c1O. The summed E-state index contributed by atoms with van der Waals surface area (Å²) in [4.78, 5) is 11.9. The first kappa shape index (κ1) is 16.9. The van der Waals surface area contributed by atoms with Crippen LogP contribution in [0.2, 0.25) is 20.1 Å². The Bertz CT molecular complexity index is 763. The van der Waals surface area contributed by atoms with Gasteiger partial charge in [0.25, 0.3) is 5.91 Å². The fourth-order valence-corrected chi connectivity index (χ4v) is 2.52. The molecule has 0 aliphatic carbocycles. The second kappa shape index (κ2) is 7.20. The first-order valence-electron chi connectivity index (χ1n) is 5.85. The molecule has 2 N–H and O–H groups in total. The molecular formula is C14H8Cl4N2O2. The van der Waals surface area contributed by atoms with Crippen LogP contribution in [0.15, 0.2) is 35.4 Å². The van der Waals surface area contributed by atoms with Gasteiger partial charge in [0.2, 0.25) is 0 Å². The summed E-state index contributed by atoms with van der Waals surface area (Å²) >= 11 is 23.3. The number of aromatic hydroxyl groups is 1. The van der Waals surface area contributed by atoms with Crippen LogP contribution in [0.5, 0.6) is 5.75 Å². The van der Waals surface area contributed by atoms with Gasteiger partial charge in [-0.15, -0.1) is 0 Å². The third kappa shape index (κ3) is 4.05. The third-order valence-corrected chi connectivity index (χ3v) is 3.67. The predicted molar refractivity (Wildman–Crippen MR) is 89.6 cm³/mol. The molecule has 0 radical (unpaired) electrons. The Labute approximate surface area is 146 Å². The summed E-state index contributed by atoms with van der Waals surface area (Å²) in [7, 11) is 0.